The molecule has 3 rings (SSSR count). The van der Waals surface area contributed by atoms with Crippen LogP contribution >= 0.6 is 11.3 Å². The third-order valence-electron chi connectivity index (χ3n) is 4.82. The summed E-state index contributed by atoms with van der Waals surface area (Å²) in [6.07, 6.45) is 0.794. The van der Waals surface area contributed by atoms with Gasteiger partial charge in [-0.25, -0.2) is 4.98 Å². The molecule has 9 heteroatoms. The normalized spacial score (nSPS) is 10.9. The van der Waals surface area contributed by atoms with Gasteiger partial charge in [-0.3, -0.25) is 9.69 Å². The number of methoxy groups -OCH3 is 3. The van der Waals surface area contributed by atoms with Crippen LogP contribution in [0, 0.1) is 0 Å². The van der Waals surface area contributed by atoms with Crippen molar-refractivity contribution in [3.8, 4) is 23.0 Å². The van der Waals surface area contributed by atoms with Crippen LogP contribution in [0.15, 0.2) is 36.4 Å². The zero-order valence-corrected chi connectivity index (χ0v) is 19.9. The molecule has 0 atom stereocenters. The third-order valence-corrected chi connectivity index (χ3v) is 5.91. The third kappa shape index (κ3) is 5.60. The Balaban J connectivity index is 1.86. The molecule has 0 radical (unpaired) electrons. The number of hydrogen-bond donors (Lipinski definition) is 0. The molecule has 0 fully saturated rings. The van der Waals surface area contributed by atoms with E-state index in [1.165, 1.54) is 11.3 Å². The molecule has 32 heavy (non-hydrogen) atoms. The monoisotopic (exact) mass is 459 g/mol. The molecule has 1 aromatic heterocycles. The minimum atomic E-state index is -0.177. The maximum absolute atomic E-state index is 13.2. The molecule has 1 amide bonds. The summed E-state index contributed by atoms with van der Waals surface area (Å²) in [6, 6.07) is 10.8. The summed E-state index contributed by atoms with van der Waals surface area (Å²) in [5.41, 5.74) is 0.672. The maximum Gasteiger partial charge on any atom is 0.266 e. The lowest BCUT2D eigenvalue weighted by Crippen LogP contribution is -2.36. The van der Waals surface area contributed by atoms with Gasteiger partial charge in [-0.1, -0.05) is 17.4 Å². The molecule has 0 aliphatic carbocycles. The lowest BCUT2D eigenvalue weighted by atomic mass is 10.3. The zero-order valence-electron chi connectivity index (χ0n) is 19.1. The summed E-state index contributed by atoms with van der Waals surface area (Å²) >= 11 is 1.40. The van der Waals surface area contributed by atoms with E-state index in [4.69, 9.17) is 23.9 Å². The summed E-state index contributed by atoms with van der Waals surface area (Å²) in [5.74, 6) is 2.39. The molecule has 0 saturated heterocycles. The molecule has 3 aromatic rings. The number of carbonyl (C=O) groups excluding carboxylic acids is 1. The molecule has 0 N–H and O–H groups in total. The predicted molar refractivity (Wildman–Crippen MR) is 127 cm³/mol. The van der Waals surface area contributed by atoms with Gasteiger partial charge < -0.3 is 23.8 Å². The van der Waals surface area contributed by atoms with Crippen molar-refractivity contribution in [1.82, 2.24) is 9.88 Å². The summed E-state index contributed by atoms with van der Waals surface area (Å²) in [6.45, 7) is 1.25. The average Bonchev–Trinajstić information content (AvgIpc) is 3.24. The van der Waals surface area contributed by atoms with Crippen LogP contribution in [0.5, 0.6) is 23.0 Å². The quantitative estimate of drug-likeness (QED) is 0.433. The van der Waals surface area contributed by atoms with E-state index in [0.29, 0.717) is 40.2 Å². The average molecular weight is 460 g/mol. The van der Waals surface area contributed by atoms with Crippen molar-refractivity contribution in [3.63, 3.8) is 0 Å². The number of rotatable bonds is 11. The molecule has 0 saturated carbocycles. The second kappa shape index (κ2) is 11.0. The lowest BCUT2D eigenvalue weighted by Gasteiger charge is -2.21. The van der Waals surface area contributed by atoms with E-state index in [1.54, 1.807) is 38.4 Å². The Morgan fingerprint density at radius 1 is 0.969 bits per heavy atom. The lowest BCUT2D eigenvalue weighted by molar-refractivity contribution is -0.120. The number of fused-ring (bicyclic) bond motifs is 1. The first-order valence-electron chi connectivity index (χ1n) is 10.2. The highest BCUT2D eigenvalue weighted by molar-refractivity contribution is 7.22. The topological polar surface area (TPSA) is 73.4 Å². The summed E-state index contributed by atoms with van der Waals surface area (Å²) in [4.78, 5) is 21.7. The number of nitrogens with zero attached hydrogens (tertiary/aromatic N) is 3. The second-order valence-corrected chi connectivity index (χ2v) is 8.29. The maximum atomic E-state index is 13.2. The van der Waals surface area contributed by atoms with Crippen LogP contribution in [0.2, 0.25) is 0 Å². The van der Waals surface area contributed by atoms with Crippen molar-refractivity contribution in [2.75, 3.05) is 60.0 Å². The highest BCUT2D eigenvalue weighted by Crippen LogP contribution is 2.40. The van der Waals surface area contributed by atoms with Crippen LogP contribution in [0.4, 0.5) is 5.13 Å². The van der Waals surface area contributed by atoms with Gasteiger partial charge in [0.15, 0.2) is 11.7 Å². The van der Waals surface area contributed by atoms with Crippen molar-refractivity contribution in [3.05, 3.63) is 36.4 Å². The Morgan fingerprint density at radius 3 is 2.38 bits per heavy atom. The van der Waals surface area contributed by atoms with Gasteiger partial charge in [-0.05, 0) is 51.3 Å². The highest BCUT2D eigenvalue weighted by Gasteiger charge is 2.23. The molecule has 0 aliphatic rings. The van der Waals surface area contributed by atoms with Gasteiger partial charge in [0.25, 0.3) is 5.91 Å². The Morgan fingerprint density at radius 2 is 1.69 bits per heavy atom. The Bertz CT molecular complexity index is 1010. The molecule has 2 aromatic carbocycles. The molecular weight excluding hydrogens is 430 g/mol. The van der Waals surface area contributed by atoms with E-state index in [0.717, 1.165) is 17.7 Å². The Labute approximate surface area is 192 Å². The van der Waals surface area contributed by atoms with Crippen molar-refractivity contribution < 1.29 is 23.7 Å². The molecule has 172 valence electrons. The minimum Gasteiger partial charge on any atom is -0.497 e. The highest BCUT2D eigenvalue weighted by atomic mass is 32.1. The number of benzene rings is 2. The van der Waals surface area contributed by atoms with Crippen molar-refractivity contribution in [2.45, 2.75) is 6.42 Å². The molecule has 1 heterocycles. The van der Waals surface area contributed by atoms with Gasteiger partial charge in [0.05, 0.1) is 21.3 Å². The first-order valence-corrected chi connectivity index (χ1v) is 11.0. The number of hydrogen-bond acceptors (Lipinski definition) is 8. The smallest absolute Gasteiger partial charge is 0.266 e. The molecule has 0 bridgehead atoms. The first kappa shape index (κ1) is 23.6. The van der Waals surface area contributed by atoms with Crippen LogP contribution in [0.3, 0.4) is 0 Å². The molecule has 0 spiro atoms. The van der Waals surface area contributed by atoms with E-state index in [1.807, 2.05) is 38.4 Å². The predicted octanol–water partition coefficient (Wildman–Crippen LogP) is 3.69. The van der Waals surface area contributed by atoms with Crippen LogP contribution in [-0.4, -0.2) is 70.9 Å². The van der Waals surface area contributed by atoms with E-state index in [9.17, 15) is 4.79 Å². The van der Waals surface area contributed by atoms with E-state index in [-0.39, 0.29) is 12.5 Å². The van der Waals surface area contributed by atoms with Gasteiger partial charge in [0, 0.05) is 12.6 Å². The Hall–Kier alpha value is -3.04. The van der Waals surface area contributed by atoms with Crippen LogP contribution in [0.1, 0.15) is 6.42 Å². The number of thiazole rings is 1. The van der Waals surface area contributed by atoms with E-state index >= 15 is 0 Å². The van der Waals surface area contributed by atoms with Crippen molar-refractivity contribution >= 4 is 32.6 Å². The number of aromatic nitrogens is 1. The Kier molecular flexibility index (Phi) is 8.13. The van der Waals surface area contributed by atoms with Gasteiger partial charge >= 0.3 is 0 Å². The number of anilines is 1. The van der Waals surface area contributed by atoms with Gasteiger partial charge in [-0.2, -0.15) is 0 Å². The summed E-state index contributed by atoms with van der Waals surface area (Å²) in [7, 11) is 8.81. The van der Waals surface area contributed by atoms with Crippen LogP contribution < -0.4 is 23.8 Å². The van der Waals surface area contributed by atoms with E-state index < -0.39 is 0 Å². The molecular formula is C23H29N3O5S. The van der Waals surface area contributed by atoms with Crippen molar-refractivity contribution in [2.24, 2.45) is 0 Å². The minimum absolute atomic E-state index is 0.112. The number of ether oxygens (including phenoxy) is 4. The van der Waals surface area contributed by atoms with Gasteiger partial charge in [-0.15, -0.1) is 0 Å². The molecule has 0 aliphatic heterocycles. The second-order valence-electron chi connectivity index (χ2n) is 7.31. The van der Waals surface area contributed by atoms with Crippen molar-refractivity contribution in [1.29, 1.82) is 0 Å². The SMILES string of the molecule is COc1cccc(OCC(=O)N(CCCN(C)C)c2nc3c(OC)ccc(OC)c3s2)c1. The summed E-state index contributed by atoms with van der Waals surface area (Å²) in [5, 5.41) is 0.584. The summed E-state index contributed by atoms with van der Waals surface area (Å²) < 4.78 is 22.8. The van der Waals surface area contributed by atoms with Crippen LogP contribution in [-0.2, 0) is 4.79 Å². The molecule has 8 nitrogen and oxygen atoms in total. The van der Waals surface area contributed by atoms with Crippen LogP contribution in [0.25, 0.3) is 10.2 Å². The largest absolute Gasteiger partial charge is 0.497 e. The fourth-order valence-electron chi connectivity index (χ4n) is 3.18. The standard InChI is InChI=1S/C23H29N3O5S/c1-25(2)12-7-13-26(20(27)15-31-17-9-6-8-16(14-17)28-3)23-24-21-18(29-4)10-11-19(30-5)22(21)32-23/h6,8-11,14H,7,12-13,15H2,1-5H3. The fourth-order valence-corrected chi connectivity index (χ4v) is 4.29. The fraction of sp³-hybridized carbons (Fsp3) is 0.391. The zero-order chi connectivity index (χ0) is 23.1. The van der Waals surface area contributed by atoms with E-state index in [2.05, 4.69) is 4.90 Å². The first-order chi connectivity index (χ1) is 15.5. The molecule has 0 unspecified atom stereocenters. The van der Waals surface area contributed by atoms with Gasteiger partial charge in [0.2, 0.25) is 0 Å². The number of amides is 1. The van der Waals surface area contributed by atoms with Gasteiger partial charge in [0.1, 0.15) is 33.2 Å². The number of carbonyl (C=O) groups is 1.